The molecule has 30 heavy (non-hydrogen) atoms. The number of para-hydroxylation sites is 2. The molecule has 1 aliphatic rings. The number of carbonyl (C=O) groups is 4. The number of rotatable bonds is 6. The molecule has 156 valence electrons. The highest BCUT2D eigenvalue weighted by atomic mass is 16.4. The Hall–Kier alpha value is -3.88. The second-order valence-electron chi connectivity index (χ2n) is 6.89. The minimum atomic E-state index is -1.44. The van der Waals surface area contributed by atoms with Crippen LogP contribution in [0.3, 0.4) is 0 Å². The van der Waals surface area contributed by atoms with Crippen molar-refractivity contribution < 1.29 is 24.3 Å². The molecule has 0 bridgehead atoms. The Balaban J connectivity index is 1.81. The van der Waals surface area contributed by atoms with Crippen molar-refractivity contribution >= 4 is 35.2 Å². The third kappa shape index (κ3) is 4.93. The van der Waals surface area contributed by atoms with Crippen LogP contribution in [0.25, 0.3) is 0 Å². The highest BCUT2D eigenvalue weighted by Gasteiger charge is 2.30. The van der Waals surface area contributed by atoms with Gasteiger partial charge in [-0.15, -0.1) is 0 Å². The number of amides is 4. The minimum Gasteiger partial charge on any atom is -0.548 e. The predicted octanol–water partition coefficient (Wildman–Crippen LogP) is 0.0206. The van der Waals surface area contributed by atoms with Gasteiger partial charge < -0.3 is 25.9 Å². The van der Waals surface area contributed by atoms with E-state index in [1.54, 1.807) is 48.5 Å². The molecule has 0 saturated heterocycles. The van der Waals surface area contributed by atoms with Crippen LogP contribution in [-0.2, 0) is 20.8 Å². The fourth-order valence-corrected chi connectivity index (χ4v) is 3.07. The van der Waals surface area contributed by atoms with Gasteiger partial charge in [-0.2, -0.15) is 0 Å². The first-order chi connectivity index (χ1) is 14.3. The van der Waals surface area contributed by atoms with Crippen LogP contribution in [0.5, 0.6) is 0 Å². The molecule has 9 nitrogen and oxygen atoms in total. The monoisotopic (exact) mass is 409 g/mol. The third-order valence-electron chi connectivity index (χ3n) is 4.62. The Bertz CT molecular complexity index is 963. The smallest absolute Gasteiger partial charge is 0.323 e. The van der Waals surface area contributed by atoms with Crippen LogP contribution in [-0.4, -0.2) is 42.4 Å². The SMILES string of the molecule is C[C@H](NC(=O)[C@H](Cc1ccccc1)NC(=O)N1CC(=O)Nc2ccccc21)C(=O)[O-]. The van der Waals surface area contributed by atoms with E-state index in [9.17, 15) is 24.3 Å². The number of carboxylic acids is 1. The largest absolute Gasteiger partial charge is 0.548 e. The Kier molecular flexibility index (Phi) is 6.31. The standard InChI is InChI=1S/C21H22N4O5/c1-13(20(28)29)22-19(27)16(11-14-7-3-2-4-8-14)24-21(30)25-12-18(26)23-15-9-5-6-10-17(15)25/h2-10,13,16H,11-12H2,1H3,(H,22,27)(H,23,26)(H,24,30)(H,28,29)/p-1/t13-,16-/m0/s1. The Morgan fingerprint density at radius 3 is 2.43 bits per heavy atom. The number of fused-ring (bicyclic) bond motifs is 1. The summed E-state index contributed by atoms with van der Waals surface area (Å²) in [6.45, 7) is 1.07. The number of urea groups is 1. The van der Waals surface area contributed by atoms with Gasteiger partial charge in [0.1, 0.15) is 12.6 Å². The quantitative estimate of drug-likeness (QED) is 0.619. The zero-order valence-electron chi connectivity index (χ0n) is 16.3. The summed E-state index contributed by atoms with van der Waals surface area (Å²) in [7, 11) is 0. The Labute approximate surface area is 173 Å². The van der Waals surface area contributed by atoms with E-state index in [0.29, 0.717) is 11.4 Å². The van der Waals surface area contributed by atoms with Gasteiger partial charge in [-0.1, -0.05) is 42.5 Å². The first kappa shape index (κ1) is 20.8. The van der Waals surface area contributed by atoms with Crippen molar-refractivity contribution in [3.63, 3.8) is 0 Å². The van der Waals surface area contributed by atoms with Crippen LogP contribution in [0.1, 0.15) is 12.5 Å². The van der Waals surface area contributed by atoms with Gasteiger partial charge >= 0.3 is 6.03 Å². The number of aliphatic carboxylic acids is 1. The summed E-state index contributed by atoms with van der Waals surface area (Å²) in [4.78, 5) is 49.9. The molecule has 1 aliphatic heterocycles. The predicted molar refractivity (Wildman–Crippen MR) is 107 cm³/mol. The van der Waals surface area contributed by atoms with Crippen LogP contribution in [0.15, 0.2) is 54.6 Å². The highest BCUT2D eigenvalue weighted by molar-refractivity contribution is 6.10. The molecule has 4 amide bonds. The third-order valence-corrected chi connectivity index (χ3v) is 4.62. The van der Waals surface area contributed by atoms with E-state index in [0.717, 1.165) is 5.56 Å². The number of carbonyl (C=O) groups excluding carboxylic acids is 4. The van der Waals surface area contributed by atoms with Crippen LogP contribution in [0.2, 0.25) is 0 Å². The average Bonchev–Trinajstić information content (AvgIpc) is 2.73. The van der Waals surface area contributed by atoms with Crippen molar-refractivity contribution in [1.82, 2.24) is 10.6 Å². The zero-order valence-corrected chi connectivity index (χ0v) is 16.3. The molecule has 0 unspecified atom stereocenters. The summed E-state index contributed by atoms with van der Waals surface area (Å²) in [5, 5.41) is 18.6. The van der Waals surface area contributed by atoms with Crippen LogP contribution in [0.4, 0.5) is 16.2 Å². The normalized spacial score (nSPS) is 14.7. The second kappa shape index (κ2) is 9.08. The molecule has 0 fully saturated rings. The van der Waals surface area contributed by atoms with E-state index in [2.05, 4.69) is 16.0 Å². The number of benzene rings is 2. The van der Waals surface area contributed by atoms with E-state index in [4.69, 9.17) is 0 Å². The lowest BCUT2D eigenvalue weighted by molar-refractivity contribution is -0.307. The van der Waals surface area contributed by atoms with Crippen molar-refractivity contribution in [1.29, 1.82) is 0 Å². The molecular weight excluding hydrogens is 388 g/mol. The summed E-state index contributed by atoms with van der Waals surface area (Å²) < 4.78 is 0. The zero-order chi connectivity index (χ0) is 21.7. The van der Waals surface area contributed by atoms with Crippen molar-refractivity contribution in [2.75, 3.05) is 16.8 Å². The Morgan fingerprint density at radius 2 is 1.73 bits per heavy atom. The summed E-state index contributed by atoms with van der Waals surface area (Å²) in [5.74, 6) is -2.47. The summed E-state index contributed by atoms with van der Waals surface area (Å²) in [6.07, 6.45) is 0.139. The van der Waals surface area contributed by atoms with Gasteiger partial charge in [0.2, 0.25) is 11.8 Å². The van der Waals surface area contributed by atoms with Gasteiger partial charge in [-0.05, 0) is 24.6 Å². The molecule has 2 aromatic carbocycles. The molecule has 0 spiro atoms. The summed E-state index contributed by atoms with van der Waals surface area (Å²) in [5.41, 5.74) is 1.76. The van der Waals surface area contributed by atoms with E-state index in [-0.39, 0.29) is 18.9 Å². The lowest BCUT2D eigenvalue weighted by Crippen LogP contribution is -2.57. The molecule has 9 heteroatoms. The molecule has 3 N–H and O–H groups in total. The van der Waals surface area contributed by atoms with E-state index < -0.39 is 30.0 Å². The second-order valence-corrected chi connectivity index (χ2v) is 6.89. The van der Waals surface area contributed by atoms with Gasteiger partial charge in [0, 0.05) is 6.42 Å². The number of hydrogen-bond donors (Lipinski definition) is 3. The van der Waals surface area contributed by atoms with Gasteiger partial charge in [0.15, 0.2) is 0 Å². The molecule has 1 heterocycles. The van der Waals surface area contributed by atoms with E-state index in [1.165, 1.54) is 11.8 Å². The maximum atomic E-state index is 13.0. The number of hydrogen-bond acceptors (Lipinski definition) is 5. The van der Waals surface area contributed by atoms with Crippen LogP contribution < -0.4 is 26.0 Å². The van der Waals surface area contributed by atoms with Crippen molar-refractivity contribution in [2.45, 2.75) is 25.4 Å². The van der Waals surface area contributed by atoms with Gasteiger partial charge in [-0.25, -0.2) is 4.79 Å². The topological polar surface area (TPSA) is 131 Å². The van der Waals surface area contributed by atoms with E-state index >= 15 is 0 Å². The lowest BCUT2D eigenvalue weighted by atomic mass is 10.0. The first-order valence-electron chi connectivity index (χ1n) is 9.37. The molecule has 3 rings (SSSR count). The van der Waals surface area contributed by atoms with Crippen LogP contribution >= 0.6 is 0 Å². The number of anilines is 2. The number of carboxylic acid groups (broad SMARTS) is 1. The van der Waals surface area contributed by atoms with Crippen LogP contribution in [0, 0.1) is 0 Å². The summed E-state index contributed by atoms with van der Waals surface area (Å²) in [6, 6.07) is 12.9. The molecule has 0 aromatic heterocycles. The lowest BCUT2D eigenvalue weighted by Gasteiger charge is -2.31. The minimum absolute atomic E-state index is 0.139. The first-order valence-corrected chi connectivity index (χ1v) is 9.37. The van der Waals surface area contributed by atoms with E-state index in [1.807, 2.05) is 6.07 Å². The number of nitrogens with zero attached hydrogens (tertiary/aromatic N) is 1. The molecule has 0 radical (unpaired) electrons. The summed E-state index contributed by atoms with van der Waals surface area (Å²) >= 11 is 0. The molecule has 2 aromatic rings. The molecule has 2 atom stereocenters. The van der Waals surface area contributed by atoms with Crippen molar-refractivity contribution in [3.05, 3.63) is 60.2 Å². The van der Waals surface area contributed by atoms with Crippen molar-refractivity contribution in [2.24, 2.45) is 0 Å². The van der Waals surface area contributed by atoms with Gasteiger partial charge in [-0.3, -0.25) is 14.5 Å². The maximum absolute atomic E-state index is 13.0. The van der Waals surface area contributed by atoms with Gasteiger partial charge in [0.25, 0.3) is 0 Å². The average molecular weight is 409 g/mol. The molecule has 0 saturated carbocycles. The highest BCUT2D eigenvalue weighted by Crippen LogP contribution is 2.28. The van der Waals surface area contributed by atoms with Gasteiger partial charge in [0.05, 0.1) is 23.4 Å². The molecular formula is C21H21N4O5-. The Morgan fingerprint density at radius 1 is 1.07 bits per heavy atom. The fourth-order valence-electron chi connectivity index (χ4n) is 3.07. The molecule has 0 aliphatic carbocycles. The number of nitrogens with one attached hydrogen (secondary N) is 3. The fraction of sp³-hybridized carbons (Fsp3) is 0.238. The maximum Gasteiger partial charge on any atom is 0.323 e. The van der Waals surface area contributed by atoms with Crippen molar-refractivity contribution in [3.8, 4) is 0 Å².